The number of hydrogen-bond donors (Lipinski definition) is 1. The molecule has 0 saturated heterocycles. The molecule has 0 radical (unpaired) electrons. The van der Waals surface area contributed by atoms with Crippen LogP contribution >= 0.6 is 0 Å². The van der Waals surface area contributed by atoms with E-state index in [1.807, 2.05) is 12.1 Å². The third-order valence-corrected chi connectivity index (χ3v) is 7.40. The summed E-state index contributed by atoms with van der Waals surface area (Å²) in [6.45, 7) is 5.71. The SMILES string of the molecule is COC/C=C1\CCC2C3C(C)Cc4cc(O)ccc4C3CCC12C. The second kappa shape index (κ2) is 5.91. The van der Waals surface area contributed by atoms with Gasteiger partial charge in [0.05, 0.1) is 6.61 Å². The first kappa shape index (κ1) is 16.2. The molecule has 130 valence electrons. The van der Waals surface area contributed by atoms with E-state index in [0.29, 0.717) is 23.0 Å². The van der Waals surface area contributed by atoms with E-state index in [1.165, 1.54) is 36.8 Å². The predicted molar refractivity (Wildman–Crippen MR) is 97.2 cm³/mol. The van der Waals surface area contributed by atoms with Crippen LogP contribution in [0.15, 0.2) is 29.8 Å². The van der Waals surface area contributed by atoms with Crippen molar-refractivity contribution in [2.75, 3.05) is 13.7 Å². The van der Waals surface area contributed by atoms with Crippen LogP contribution in [0.2, 0.25) is 0 Å². The summed E-state index contributed by atoms with van der Waals surface area (Å²) in [4.78, 5) is 0. The van der Waals surface area contributed by atoms with Crippen molar-refractivity contribution in [3.05, 3.63) is 41.0 Å². The number of phenolic OH excluding ortho intramolecular Hbond substituents is 1. The zero-order chi connectivity index (χ0) is 16.9. The lowest BCUT2D eigenvalue weighted by Gasteiger charge is -2.52. The molecule has 2 saturated carbocycles. The molecule has 0 aliphatic heterocycles. The molecule has 1 aromatic carbocycles. The van der Waals surface area contributed by atoms with Gasteiger partial charge in [0, 0.05) is 7.11 Å². The predicted octanol–water partition coefficient (Wildman–Crippen LogP) is 5.07. The average molecular weight is 326 g/mol. The molecule has 0 aromatic heterocycles. The molecule has 1 aromatic rings. The second-order valence-corrected chi connectivity index (χ2v) is 8.53. The van der Waals surface area contributed by atoms with Crippen LogP contribution in [0.3, 0.4) is 0 Å². The minimum Gasteiger partial charge on any atom is -0.508 e. The summed E-state index contributed by atoms with van der Waals surface area (Å²) in [5.41, 5.74) is 4.94. The van der Waals surface area contributed by atoms with Crippen LogP contribution in [-0.2, 0) is 11.2 Å². The van der Waals surface area contributed by atoms with Crippen LogP contribution in [-0.4, -0.2) is 18.8 Å². The van der Waals surface area contributed by atoms with Crippen LogP contribution in [0.5, 0.6) is 5.75 Å². The molecule has 4 rings (SSSR count). The first-order valence-electron chi connectivity index (χ1n) is 9.55. The molecule has 2 nitrogen and oxygen atoms in total. The Morgan fingerprint density at radius 2 is 2.17 bits per heavy atom. The Hall–Kier alpha value is -1.28. The Bertz CT molecular complexity index is 662. The number of ether oxygens (including phenoxy) is 1. The number of aromatic hydroxyl groups is 1. The first-order chi connectivity index (χ1) is 11.5. The summed E-state index contributed by atoms with van der Waals surface area (Å²) in [7, 11) is 1.79. The molecule has 0 amide bonds. The molecule has 5 unspecified atom stereocenters. The van der Waals surface area contributed by atoms with Crippen molar-refractivity contribution in [2.45, 2.75) is 51.9 Å². The van der Waals surface area contributed by atoms with E-state index in [9.17, 15) is 5.11 Å². The van der Waals surface area contributed by atoms with Crippen molar-refractivity contribution < 1.29 is 9.84 Å². The highest BCUT2D eigenvalue weighted by molar-refractivity contribution is 5.41. The Morgan fingerprint density at radius 1 is 1.33 bits per heavy atom. The number of phenols is 1. The molecule has 0 spiro atoms. The maximum absolute atomic E-state index is 9.86. The molecule has 0 heterocycles. The van der Waals surface area contributed by atoms with E-state index >= 15 is 0 Å². The highest BCUT2D eigenvalue weighted by atomic mass is 16.5. The molecule has 5 atom stereocenters. The standard InChI is InChI=1S/C22H30O2/c1-14-12-15-13-17(23)5-6-18(15)19-8-10-22(2)16(9-11-24-3)4-7-20(22)21(14)19/h5-6,9,13-14,19-21,23H,4,7-8,10-12H2,1-3H3/b16-9+. The van der Waals surface area contributed by atoms with Gasteiger partial charge >= 0.3 is 0 Å². The normalized spacial score (nSPS) is 39.4. The van der Waals surface area contributed by atoms with Crippen molar-refractivity contribution in [3.8, 4) is 5.75 Å². The lowest BCUT2D eigenvalue weighted by atomic mass is 9.52. The van der Waals surface area contributed by atoms with Gasteiger partial charge in [-0.3, -0.25) is 0 Å². The first-order valence-corrected chi connectivity index (χ1v) is 9.55. The van der Waals surface area contributed by atoms with Gasteiger partial charge in [-0.25, -0.2) is 0 Å². The molecular weight excluding hydrogens is 296 g/mol. The van der Waals surface area contributed by atoms with Gasteiger partial charge in [-0.1, -0.05) is 31.6 Å². The number of benzene rings is 1. The van der Waals surface area contributed by atoms with Gasteiger partial charge < -0.3 is 9.84 Å². The van der Waals surface area contributed by atoms with E-state index in [2.05, 4.69) is 26.0 Å². The monoisotopic (exact) mass is 326 g/mol. The summed E-state index contributed by atoms with van der Waals surface area (Å²) in [6, 6.07) is 6.10. The minimum atomic E-state index is 0.377. The summed E-state index contributed by atoms with van der Waals surface area (Å²) in [6.07, 6.45) is 8.65. The highest BCUT2D eigenvalue weighted by Gasteiger charge is 2.54. The van der Waals surface area contributed by atoms with E-state index in [0.717, 1.165) is 24.9 Å². The summed E-state index contributed by atoms with van der Waals surface area (Å²) in [5, 5.41) is 9.86. The largest absolute Gasteiger partial charge is 0.508 e. The van der Waals surface area contributed by atoms with Crippen molar-refractivity contribution in [1.82, 2.24) is 0 Å². The Morgan fingerprint density at radius 3 is 2.96 bits per heavy atom. The smallest absolute Gasteiger partial charge is 0.115 e. The molecular formula is C22H30O2. The zero-order valence-electron chi connectivity index (χ0n) is 15.2. The van der Waals surface area contributed by atoms with Crippen LogP contribution < -0.4 is 0 Å². The van der Waals surface area contributed by atoms with Gasteiger partial charge in [-0.05, 0) is 84.5 Å². The van der Waals surface area contributed by atoms with Crippen molar-refractivity contribution >= 4 is 0 Å². The molecule has 3 aliphatic rings. The van der Waals surface area contributed by atoms with Crippen molar-refractivity contribution in [1.29, 1.82) is 0 Å². The molecule has 3 aliphatic carbocycles. The second-order valence-electron chi connectivity index (χ2n) is 8.53. The zero-order valence-corrected chi connectivity index (χ0v) is 15.2. The fraction of sp³-hybridized carbons (Fsp3) is 0.636. The Balaban J connectivity index is 1.69. The molecule has 2 heteroatoms. The van der Waals surface area contributed by atoms with Crippen LogP contribution in [0.1, 0.15) is 56.6 Å². The van der Waals surface area contributed by atoms with E-state index in [-0.39, 0.29) is 0 Å². The molecule has 2 fully saturated rings. The Kier molecular flexibility index (Phi) is 3.99. The summed E-state index contributed by atoms with van der Waals surface area (Å²) < 4.78 is 5.31. The number of rotatable bonds is 2. The van der Waals surface area contributed by atoms with E-state index in [4.69, 9.17) is 4.74 Å². The molecule has 0 bridgehead atoms. The van der Waals surface area contributed by atoms with E-state index < -0.39 is 0 Å². The third-order valence-electron chi connectivity index (χ3n) is 7.40. The number of hydrogen-bond acceptors (Lipinski definition) is 2. The van der Waals surface area contributed by atoms with Crippen LogP contribution in [0.4, 0.5) is 0 Å². The van der Waals surface area contributed by atoms with Gasteiger partial charge in [0.25, 0.3) is 0 Å². The maximum Gasteiger partial charge on any atom is 0.115 e. The summed E-state index contributed by atoms with van der Waals surface area (Å²) in [5.74, 6) is 3.40. The minimum absolute atomic E-state index is 0.377. The van der Waals surface area contributed by atoms with Crippen molar-refractivity contribution in [2.24, 2.45) is 23.2 Å². The number of allylic oxidation sites excluding steroid dienone is 1. The van der Waals surface area contributed by atoms with Gasteiger partial charge in [-0.2, -0.15) is 0 Å². The number of methoxy groups -OCH3 is 1. The molecule has 24 heavy (non-hydrogen) atoms. The van der Waals surface area contributed by atoms with Crippen molar-refractivity contribution in [3.63, 3.8) is 0 Å². The van der Waals surface area contributed by atoms with Crippen LogP contribution in [0.25, 0.3) is 0 Å². The number of fused-ring (bicyclic) bond motifs is 5. The van der Waals surface area contributed by atoms with Gasteiger partial charge in [0.1, 0.15) is 5.75 Å². The quantitative estimate of drug-likeness (QED) is 0.769. The third kappa shape index (κ3) is 2.34. The summed E-state index contributed by atoms with van der Waals surface area (Å²) >= 11 is 0. The topological polar surface area (TPSA) is 29.5 Å². The van der Waals surface area contributed by atoms with Gasteiger partial charge in [0.15, 0.2) is 0 Å². The fourth-order valence-corrected chi connectivity index (χ4v) is 6.33. The average Bonchev–Trinajstić information content (AvgIpc) is 2.88. The fourth-order valence-electron chi connectivity index (χ4n) is 6.33. The lowest BCUT2D eigenvalue weighted by molar-refractivity contribution is 0.0486. The highest BCUT2D eigenvalue weighted by Crippen LogP contribution is 2.63. The Labute approximate surface area is 145 Å². The van der Waals surface area contributed by atoms with E-state index in [1.54, 1.807) is 12.7 Å². The lowest BCUT2D eigenvalue weighted by Crippen LogP contribution is -2.43. The van der Waals surface area contributed by atoms with Crippen LogP contribution in [0, 0.1) is 23.2 Å². The van der Waals surface area contributed by atoms with Gasteiger partial charge in [0.2, 0.25) is 0 Å². The molecule has 1 N–H and O–H groups in total. The van der Waals surface area contributed by atoms with Gasteiger partial charge in [-0.15, -0.1) is 0 Å². The maximum atomic E-state index is 9.86.